The van der Waals surface area contributed by atoms with Crippen LogP contribution >= 0.6 is 11.8 Å². The number of esters is 1. The van der Waals surface area contributed by atoms with E-state index in [0.717, 1.165) is 24.2 Å². The monoisotopic (exact) mass is 421 g/mol. The summed E-state index contributed by atoms with van der Waals surface area (Å²) in [6, 6.07) is 6.51. The van der Waals surface area contributed by atoms with Crippen LogP contribution in [0.25, 0.3) is 0 Å². The van der Waals surface area contributed by atoms with Crippen molar-refractivity contribution in [3.8, 4) is 5.75 Å². The molecule has 0 aromatic heterocycles. The molecule has 0 atom stereocenters. The SMILES string of the molecule is COc1ccc(SCC(=O)OCC(=O)NN2C(=O)NC3(CCCCC3)C2=O)cc1. The van der Waals surface area contributed by atoms with Crippen LogP contribution in [0.2, 0.25) is 0 Å². The molecule has 0 radical (unpaired) electrons. The predicted molar refractivity (Wildman–Crippen MR) is 104 cm³/mol. The summed E-state index contributed by atoms with van der Waals surface area (Å²) in [6.07, 6.45) is 3.82. The van der Waals surface area contributed by atoms with Crippen molar-refractivity contribution in [2.75, 3.05) is 19.5 Å². The summed E-state index contributed by atoms with van der Waals surface area (Å²) in [5.41, 5.74) is 1.30. The molecule has 9 nitrogen and oxygen atoms in total. The second-order valence-electron chi connectivity index (χ2n) is 6.87. The van der Waals surface area contributed by atoms with Gasteiger partial charge in [0.2, 0.25) is 0 Å². The van der Waals surface area contributed by atoms with Gasteiger partial charge >= 0.3 is 12.0 Å². The van der Waals surface area contributed by atoms with Crippen molar-refractivity contribution in [1.29, 1.82) is 0 Å². The maximum absolute atomic E-state index is 12.6. The van der Waals surface area contributed by atoms with Crippen molar-refractivity contribution in [3.05, 3.63) is 24.3 Å². The second kappa shape index (κ2) is 9.17. The van der Waals surface area contributed by atoms with Crippen LogP contribution in [0, 0.1) is 0 Å². The number of nitrogens with one attached hydrogen (secondary N) is 2. The predicted octanol–water partition coefficient (Wildman–Crippen LogP) is 1.62. The van der Waals surface area contributed by atoms with Gasteiger partial charge < -0.3 is 14.8 Å². The topological polar surface area (TPSA) is 114 Å². The number of hydrogen-bond donors (Lipinski definition) is 2. The number of thioether (sulfide) groups is 1. The summed E-state index contributed by atoms with van der Waals surface area (Å²) in [4.78, 5) is 49.4. The zero-order valence-corrected chi connectivity index (χ0v) is 16.9. The Morgan fingerprint density at radius 1 is 1.17 bits per heavy atom. The Labute approximate surface area is 172 Å². The molecule has 1 aromatic rings. The van der Waals surface area contributed by atoms with Gasteiger partial charge in [-0.25, -0.2) is 4.79 Å². The van der Waals surface area contributed by atoms with E-state index in [2.05, 4.69) is 10.7 Å². The van der Waals surface area contributed by atoms with E-state index in [1.165, 1.54) is 11.8 Å². The number of rotatable bonds is 7. The molecule has 2 fully saturated rings. The largest absolute Gasteiger partial charge is 0.497 e. The molecular formula is C19H23N3O6S. The Morgan fingerprint density at radius 3 is 2.52 bits per heavy atom. The Bertz CT molecular complexity index is 792. The van der Waals surface area contributed by atoms with E-state index < -0.39 is 36.0 Å². The molecule has 156 valence electrons. The summed E-state index contributed by atoms with van der Waals surface area (Å²) >= 11 is 1.26. The molecule has 29 heavy (non-hydrogen) atoms. The number of hydrogen-bond acceptors (Lipinski definition) is 7. The Kier molecular flexibility index (Phi) is 6.63. The van der Waals surface area contributed by atoms with E-state index >= 15 is 0 Å². The van der Waals surface area contributed by atoms with Crippen LogP contribution in [-0.4, -0.2) is 53.8 Å². The third-order valence-corrected chi connectivity index (χ3v) is 5.87. The molecule has 1 heterocycles. The molecule has 1 aliphatic heterocycles. The minimum absolute atomic E-state index is 0.0197. The lowest BCUT2D eigenvalue weighted by Crippen LogP contribution is -2.51. The summed E-state index contributed by atoms with van der Waals surface area (Å²) in [5.74, 6) is -1.06. The van der Waals surface area contributed by atoms with E-state index in [4.69, 9.17) is 9.47 Å². The zero-order chi connectivity index (χ0) is 20.9. The zero-order valence-electron chi connectivity index (χ0n) is 16.1. The number of nitrogens with zero attached hydrogens (tertiary/aromatic N) is 1. The number of benzene rings is 1. The normalized spacial score (nSPS) is 17.8. The molecule has 1 saturated heterocycles. The van der Waals surface area contributed by atoms with Crippen LogP contribution in [0.4, 0.5) is 4.79 Å². The standard InChI is InChI=1S/C19H23N3O6S/c1-27-13-5-7-14(8-6-13)29-12-16(24)28-11-15(23)21-22-17(25)19(20-18(22)26)9-3-2-4-10-19/h5-8H,2-4,9-12H2,1H3,(H,20,26)(H,21,23). The summed E-state index contributed by atoms with van der Waals surface area (Å²) < 4.78 is 9.99. The number of carbonyl (C=O) groups excluding carboxylic acids is 4. The minimum atomic E-state index is -0.922. The highest BCUT2D eigenvalue weighted by Crippen LogP contribution is 2.33. The first-order valence-corrected chi connectivity index (χ1v) is 10.3. The first-order chi connectivity index (χ1) is 13.9. The fourth-order valence-corrected chi connectivity index (χ4v) is 4.07. The number of ether oxygens (including phenoxy) is 2. The Balaban J connectivity index is 1.42. The third kappa shape index (κ3) is 5.00. The highest BCUT2D eigenvalue weighted by Gasteiger charge is 2.52. The van der Waals surface area contributed by atoms with Gasteiger partial charge in [0.15, 0.2) is 6.61 Å². The van der Waals surface area contributed by atoms with Gasteiger partial charge in [-0.3, -0.25) is 19.8 Å². The van der Waals surface area contributed by atoms with Crippen molar-refractivity contribution >= 4 is 35.6 Å². The molecule has 1 saturated carbocycles. The van der Waals surface area contributed by atoms with Crippen LogP contribution in [0.1, 0.15) is 32.1 Å². The number of urea groups is 1. The van der Waals surface area contributed by atoms with Gasteiger partial charge in [0.1, 0.15) is 11.3 Å². The lowest BCUT2D eigenvalue weighted by Gasteiger charge is -2.30. The van der Waals surface area contributed by atoms with Crippen LogP contribution in [0.15, 0.2) is 29.2 Å². The number of amides is 4. The van der Waals surface area contributed by atoms with Crippen LogP contribution < -0.4 is 15.5 Å². The Hall–Kier alpha value is -2.75. The number of hydrazine groups is 1. The molecule has 1 spiro atoms. The number of carbonyl (C=O) groups is 4. The fourth-order valence-electron chi connectivity index (χ4n) is 3.37. The lowest BCUT2D eigenvalue weighted by atomic mass is 9.82. The van der Waals surface area contributed by atoms with Gasteiger partial charge in [-0.15, -0.1) is 11.8 Å². The van der Waals surface area contributed by atoms with Crippen molar-refractivity contribution in [2.45, 2.75) is 42.5 Å². The lowest BCUT2D eigenvalue weighted by molar-refractivity contribution is -0.148. The highest BCUT2D eigenvalue weighted by molar-refractivity contribution is 8.00. The van der Waals surface area contributed by atoms with Gasteiger partial charge in [-0.1, -0.05) is 19.3 Å². The van der Waals surface area contributed by atoms with E-state index in [1.807, 2.05) is 12.1 Å². The summed E-state index contributed by atoms with van der Waals surface area (Å²) in [7, 11) is 1.57. The first-order valence-electron chi connectivity index (χ1n) is 9.32. The number of methoxy groups -OCH3 is 1. The van der Waals surface area contributed by atoms with Crippen molar-refractivity contribution < 1.29 is 28.7 Å². The highest BCUT2D eigenvalue weighted by atomic mass is 32.2. The first kappa shape index (κ1) is 21.0. The van der Waals surface area contributed by atoms with Gasteiger partial charge in [0.25, 0.3) is 11.8 Å². The van der Waals surface area contributed by atoms with E-state index in [-0.39, 0.29) is 5.75 Å². The van der Waals surface area contributed by atoms with Crippen LogP contribution in [0.5, 0.6) is 5.75 Å². The molecule has 1 aromatic carbocycles. The quantitative estimate of drug-likeness (QED) is 0.391. The molecular weight excluding hydrogens is 398 g/mol. The van der Waals surface area contributed by atoms with Crippen LogP contribution in [0.3, 0.4) is 0 Å². The van der Waals surface area contributed by atoms with Crippen molar-refractivity contribution in [2.24, 2.45) is 0 Å². The van der Waals surface area contributed by atoms with Crippen molar-refractivity contribution in [3.63, 3.8) is 0 Å². The number of imide groups is 1. The average molecular weight is 421 g/mol. The maximum atomic E-state index is 12.6. The third-order valence-electron chi connectivity index (χ3n) is 4.89. The van der Waals surface area contributed by atoms with Gasteiger partial charge in [0, 0.05) is 4.90 Å². The summed E-state index contributed by atoms with van der Waals surface area (Å²) in [6.45, 7) is -0.577. The molecule has 4 amide bonds. The van der Waals surface area contributed by atoms with E-state index in [0.29, 0.717) is 23.6 Å². The van der Waals surface area contributed by atoms with Crippen LogP contribution in [-0.2, 0) is 19.1 Å². The Morgan fingerprint density at radius 2 is 1.86 bits per heavy atom. The smallest absolute Gasteiger partial charge is 0.344 e. The maximum Gasteiger partial charge on any atom is 0.344 e. The molecule has 2 aliphatic rings. The van der Waals surface area contributed by atoms with Gasteiger partial charge in [-0.2, -0.15) is 5.01 Å². The van der Waals surface area contributed by atoms with E-state index in [9.17, 15) is 19.2 Å². The second-order valence-corrected chi connectivity index (χ2v) is 7.92. The summed E-state index contributed by atoms with van der Waals surface area (Å²) in [5, 5.41) is 3.38. The average Bonchev–Trinajstić information content (AvgIpc) is 2.95. The van der Waals surface area contributed by atoms with E-state index in [1.54, 1.807) is 19.2 Å². The van der Waals surface area contributed by atoms with Gasteiger partial charge in [-0.05, 0) is 37.1 Å². The molecule has 10 heteroatoms. The molecule has 0 unspecified atom stereocenters. The molecule has 3 rings (SSSR count). The fraction of sp³-hybridized carbons (Fsp3) is 0.474. The molecule has 2 N–H and O–H groups in total. The van der Waals surface area contributed by atoms with Gasteiger partial charge in [0.05, 0.1) is 12.9 Å². The molecule has 1 aliphatic carbocycles. The molecule has 0 bridgehead atoms. The van der Waals surface area contributed by atoms with Crippen molar-refractivity contribution in [1.82, 2.24) is 15.8 Å². The minimum Gasteiger partial charge on any atom is -0.497 e.